The molecule has 0 aliphatic carbocycles. The average Bonchev–Trinajstić information content (AvgIpc) is 2.43. The number of ether oxygens (including phenoxy) is 2. The Bertz CT molecular complexity index is 558. The van der Waals surface area contributed by atoms with Crippen molar-refractivity contribution in [3.8, 4) is 17.2 Å². The van der Waals surface area contributed by atoms with Crippen LogP contribution in [0, 0.1) is 5.82 Å². The monoisotopic (exact) mass is 261 g/mol. The summed E-state index contributed by atoms with van der Waals surface area (Å²) in [5.74, 6) is 1.52. The zero-order valence-corrected chi connectivity index (χ0v) is 10.7. The van der Waals surface area contributed by atoms with Crippen LogP contribution in [-0.2, 0) is 6.42 Å². The summed E-state index contributed by atoms with van der Waals surface area (Å²) in [5.41, 5.74) is 6.27. The summed E-state index contributed by atoms with van der Waals surface area (Å²) in [5, 5.41) is 0. The Morgan fingerprint density at radius 1 is 1.05 bits per heavy atom. The Balaban J connectivity index is 2.32. The minimum Gasteiger partial charge on any atom is -0.493 e. The maximum absolute atomic E-state index is 13.2. The Morgan fingerprint density at radius 2 is 1.79 bits per heavy atom. The Hall–Kier alpha value is -2.07. The van der Waals surface area contributed by atoms with Crippen LogP contribution < -0.4 is 15.2 Å². The third-order valence-corrected chi connectivity index (χ3v) is 2.73. The van der Waals surface area contributed by atoms with Crippen LogP contribution in [0.3, 0.4) is 0 Å². The molecule has 0 heterocycles. The highest BCUT2D eigenvalue weighted by Gasteiger charge is 2.09. The van der Waals surface area contributed by atoms with Gasteiger partial charge in [0.15, 0.2) is 11.5 Å². The molecule has 0 radical (unpaired) electrons. The third kappa shape index (κ3) is 3.23. The molecule has 0 aliphatic heterocycles. The molecule has 0 amide bonds. The van der Waals surface area contributed by atoms with E-state index in [-0.39, 0.29) is 5.82 Å². The van der Waals surface area contributed by atoms with Crippen LogP contribution in [0.1, 0.15) is 5.56 Å². The van der Waals surface area contributed by atoms with Crippen LogP contribution >= 0.6 is 0 Å². The second-order valence-corrected chi connectivity index (χ2v) is 4.04. The molecule has 19 heavy (non-hydrogen) atoms. The number of benzene rings is 2. The fourth-order valence-electron chi connectivity index (χ4n) is 1.82. The molecule has 0 saturated heterocycles. The Morgan fingerprint density at radius 3 is 2.47 bits per heavy atom. The number of nitrogens with two attached hydrogens (primary N) is 1. The van der Waals surface area contributed by atoms with Gasteiger partial charge in [0, 0.05) is 0 Å². The summed E-state index contributed by atoms with van der Waals surface area (Å²) in [7, 11) is 1.58. The number of rotatable bonds is 5. The second kappa shape index (κ2) is 6.20. The van der Waals surface area contributed by atoms with Gasteiger partial charge in [-0.25, -0.2) is 4.39 Å². The SMILES string of the molecule is COc1ccccc1Oc1ccc(F)cc1CCN. The van der Waals surface area contributed by atoms with Crippen molar-refractivity contribution < 1.29 is 13.9 Å². The van der Waals surface area contributed by atoms with Crippen molar-refractivity contribution in [2.24, 2.45) is 5.73 Å². The lowest BCUT2D eigenvalue weighted by Gasteiger charge is -2.13. The van der Waals surface area contributed by atoms with Crippen molar-refractivity contribution in [2.75, 3.05) is 13.7 Å². The van der Waals surface area contributed by atoms with Crippen LogP contribution in [0.15, 0.2) is 42.5 Å². The van der Waals surface area contributed by atoms with E-state index in [0.717, 1.165) is 5.56 Å². The van der Waals surface area contributed by atoms with E-state index >= 15 is 0 Å². The van der Waals surface area contributed by atoms with Crippen LogP contribution in [0.25, 0.3) is 0 Å². The first kappa shape index (κ1) is 13.4. The highest BCUT2D eigenvalue weighted by atomic mass is 19.1. The van der Waals surface area contributed by atoms with Crippen LogP contribution in [0.2, 0.25) is 0 Å². The van der Waals surface area contributed by atoms with Crippen molar-refractivity contribution >= 4 is 0 Å². The zero-order chi connectivity index (χ0) is 13.7. The van der Waals surface area contributed by atoms with Crippen LogP contribution in [0.5, 0.6) is 17.2 Å². The molecule has 2 aromatic rings. The number of hydrogen-bond acceptors (Lipinski definition) is 3. The molecule has 0 bridgehead atoms. The fourth-order valence-corrected chi connectivity index (χ4v) is 1.82. The maximum atomic E-state index is 13.2. The number of halogens is 1. The fraction of sp³-hybridized carbons (Fsp3) is 0.200. The molecule has 0 atom stereocenters. The smallest absolute Gasteiger partial charge is 0.169 e. The van der Waals surface area contributed by atoms with Gasteiger partial charge >= 0.3 is 0 Å². The lowest BCUT2D eigenvalue weighted by Crippen LogP contribution is -2.04. The van der Waals surface area contributed by atoms with Gasteiger partial charge in [0.05, 0.1) is 7.11 Å². The van der Waals surface area contributed by atoms with Gasteiger partial charge < -0.3 is 15.2 Å². The molecule has 0 fully saturated rings. The van der Waals surface area contributed by atoms with E-state index in [1.54, 1.807) is 19.2 Å². The van der Waals surface area contributed by atoms with Gasteiger partial charge in [0.1, 0.15) is 11.6 Å². The lowest BCUT2D eigenvalue weighted by atomic mass is 10.1. The highest BCUT2D eigenvalue weighted by molar-refractivity contribution is 5.45. The van der Waals surface area contributed by atoms with Gasteiger partial charge in [-0.1, -0.05) is 12.1 Å². The van der Waals surface area contributed by atoms with Crippen molar-refractivity contribution in [1.82, 2.24) is 0 Å². The minimum absolute atomic E-state index is 0.296. The quantitative estimate of drug-likeness (QED) is 0.899. The summed E-state index contributed by atoms with van der Waals surface area (Å²) in [6.45, 7) is 0.436. The molecule has 4 heteroatoms. The van der Waals surface area contributed by atoms with Crippen molar-refractivity contribution in [1.29, 1.82) is 0 Å². The second-order valence-electron chi connectivity index (χ2n) is 4.04. The molecule has 0 spiro atoms. The first-order chi connectivity index (χ1) is 9.24. The van der Waals surface area contributed by atoms with Gasteiger partial charge in [-0.15, -0.1) is 0 Å². The molecule has 100 valence electrons. The van der Waals surface area contributed by atoms with Crippen molar-refractivity contribution in [3.63, 3.8) is 0 Å². The predicted octanol–water partition coefficient (Wildman–Crippen LogP) is 3.13. The van der Waals surface area contributed by atoms with E-state index in [2.05, 4.69) is 0 Å². The molecule has 0 aliphatic rings. The van der Waals surface area contributed by atoms with Crippen LogP contribution in [-0.4, -0.2) is 13.7 Å². The van der Waals surface area contributed by atoms with Gasteiger partial charge in [-0.3, -0.25) is 0 Å². The number of methoxy groups -OCH3 is 1. The van der Waals surface area contributed by atoms with Crippen molar-refractivity contribution in [3.05, 3.63) is 53.8 Å². The number of hydrogen-bond donors (Lipinski definition) is 1. The van der Waals surface area contributed by atoms with E-state index in [4.69, 9.17) is 15.2 Å². The molecular formula is C15H16FNO2. The first-order valence-electron chi connectivity index (χ1n) is 6.04. The Kier molecular flexibility index (Phi) is 4.36. The maximum Gasteiger partial charge on any atom is 0.169 e. The van der Waals surface area contributed by atoms with E-state index in [0.29, 0.717) is 30.2 Å². The highest BCUT2D eigenvalue weighted by Crippen LogP contribution is 2.33. The zero-order valence-electron chi connectivity index (χ0n) is 10.7. The van der Waals surface area contributed by atoms with E-state index in [1.807, 2.05) is 18.2 Å². The Labute approximate surface area is 111 Å². The van der Waals surface area contributed by atoms with Crippen molar-refractivity contribution in [2.45, 2.75) is 6.42 Å². The standard InChI is InChI=1S/C15H16FNO2/c1-18-14-4-2-3-5-15(14)19-13-7-6-12(16)10-11(13)8-9-17/h2-7,10H,8-9,17H2,1H3. The normalized spacial score (nSPS) is 10.3. The average molecular weight is 261 g/mol. The molecule has 0 aromatic heterocycles. The number of para-hydroxylation sites is 2. The van der Waals surface area contributed by atoms with Gasteiger partial charge in [-0.05, 0) is 48.9 Å². The van der Waals surface area contributed by atoms with Gasteiger partial charge in [-0.2, -0.15) is 0 Å². The molecule has 0 unspecified atom stereocenters. The van der Waals surface area contributed by atoms with Crippen LogP contribution in [0.4, 0.5) is 4.39 Å². The molecule has 2 N–H and O–H groups in total. The summed E-state index contributed by atoms with van der Waals surface area (Å²) in [6, 6.07) is 11.7. The van der Waals surface area contributed by atoms with Gasteiger partial charge in [0.2, 0.25) is 0 Å². The van der Waals surface area contributed by atoms with E-state index < -0.39 is 0 Å². The summed E-state index contributed by atoms with van der Waals surface area (Å²) >= 11 is 0. The largest absolute Gasteiger partial charge is 0.493 e. The molecule has 3 nitrogen and oxygen atoms in total. The molecular weight excluding hydrogens is 245 g/mol. The van der Waals surface area contributed by atoms with E-state index in [9.17, 15) is 4.39 Å². The topological polar surface area (TPSA) is 44.5 Å². The summed E-state index contributed by atoms with van der Waals surface area (Å²) in [6.07, 6.45) is 0.558. The lowest BCUT2D eigenvalue weighted by molar-refractivity contribution is 0.377. The minimum atomic E-state index is -0.296. The summed E-state index contributed by atoms with van der Waals surface area (Å²) in [4.78, 5) is 0. The first-order valence-corrected chi connectivity index (χ1v) is 6.04. The third-order valence-electron chi connectivity index (χ3n) is 2.73. The molecule has 2 aromatic carbocycles. The summed E-state index contributed by atoms with van der Waals surface area (Å²) < 4.78 is 24.2. The molecule has 2 rings (SSSR count). The molecule has 0 saturated carbocycles. The van der Waals surface area contributed by atoms with Gasteiger partial charge in [0.25, 0.3) is 0 Å². The van der Waals surface area contributed by atoms with E-state index in [1.165, 1.54) is 12.1 Å². The predicted molar refractivity (Wildman–Crippen MR) is 72.2 cm³/mol.